The minimum atomic E-state index is -0.116. The highest BCUT2D eigenvalue weighted by Gasteiger charge is 2.15. The smallest absolute Gasteiger partial charge is 0.156 e. The second-order valence-electron chi connectivity index (χ2n) is 3.00. The van der Waals surface area contributed by atoms with Crippen molar-refractivity contribution in [2.75, 3.05) is 19.8 Å². The second kappa shape index (κ2) is 5.50. The summed E-state index contributed by atoms with van der Waals surface area (Å²) in [6, 6.07) is 3.91. The molecular weight excluding hydrogens is 232 g/mol. The van der Waals surface area contributed by atoms with Crippen LogP contribution in [0.5, 0.6) is 0 Å². The maximum atomic E-state index is 5.42. The van der Waals surface area contributed by atoms with Crippen molar-refractivity contribution in [2.24, 2.45) is 0 Å². The van der Waals surface area contributed by atoms with Gasteiger partial charge in [-0.15, -0.1) is 0 Å². The summed E-state index contributed by atoms with van der Waals surface area (Å²) in [4.78, 5) is 0. The van der Waals surface area contributed by atoms with E-state index in [2.05, 4.69) is 5.32 Å². The van der Waals surface area contributed by atoms with E-state index >= 15 is 0 Å². The maximum absolute atomic E-state index is 5.42. The molecule has 2 rings (SSSR count). The van der Waals surface area contributed by atoms with Crippen molar-refractivity contribution in [3.63, 3.8) is 0 Å². The van der Waals surface area contributed by atoms with Crippen molar-refractivity contribution in [3.8, 4) is 0 Å². The van der Waals surface area contributed by atoms with E-state index in [4.69, 9.17) is 21.7 Å². The van der Waals surface area contributed by atoms with Gasteiger partial charge in [-0.25, -0.2) is 0 Å². The first-order valence-corrected chi connectivity index (χ1v) is 5.84. The van der Waals surface area contributed by atoms with Crippen LogP contribution in [0.2, 0.25) is 0 Å². The third-order valence-electron chi connectivity index (χ3n) is 1.86. The highest BCUT2D eigenvalue weighted by molar-refractivity contribution is 8.21. The van der Waals surface area contributed by atoms with Crippen LogP contribution in [-0.4, -0.2) is 34.3 Å². The van der Waals surface area contributed by atoms with Gasteiger partial charge in [-0.05, 0) is 12.1 Å². The lowest BCUT2D eigenvalue weighted by atomic mass is 10.5. The molecule has 0 radical (unpaired) electrons. The molecule has 1 N–H and O–H groups in total. The van der Waals surface area contributed by atoms with E-state index in [1.165, 1.54) is 11.9 Å². The molecule has 0 aromatic carbocycles. The summed E-state index contributed by atoms with van der Waals surface area (Å²) in [5.74, 6) is 0. The Labute approximate surface area is 98.1 Å². The molecule has 2 heterocycles. The molecule has 0 bridgehead atoms. The minimum Gasteiger partial charge on any atom is -0.374 e. The van der Waals surface area contributed by atoms with Crippen LogP contribution in [0.3, 0.4) is 0 Å². The SMILES string of the molecule is S=C(NC1COCCO1)Sn1cccc1. The molecule has 1 aromatic rings. The Morgan fingerprint density at radius 3 is 2.87 bits per heavy atom. The molecule has 0 saturated carbocycles. The monoisotopic (exact) mass is 244 g/mol. The zero-order chi connectivity index (χ0) is 10.5. The Bertz CT molecular complexity index is 310. The number of hydrogen-bond acceptors (Lipinski definition) is 4. The molecule has 1 atom stereocenters. The average Bonchev–Trinajstić information content (AvgIpc) is 2.71. The first-order valence-electron chi connectivity index (χ1n) is 4.66. The summed E-state index contributed by atoms with van der Waals surface area (Å²) < 4.78 is 13.3. The van der Waals surface area contributed by atoms with Crippen molar-refractivity contribution < 1.29 is 9.47 Å². The lowest BCUT2D eigenvalue weighted by molar-refractivity contribution is -0.0932. The van der Waals surface area contributed by atoms with Crippen molar-refractivity contribution in [2.45, 2.75) is 6.23 Å². The van der Waals surface area contributed by atoms with Crippen molar-refractivity contribution >= 4 is 28.5 Å². The quantitative estimate of drug-likeness (QED) is 0.792. The molecule has 1 aromatic heterocycles. The highest BCUT2D eigenvalue weighted by atomic mass is 32.2. The maximum Gasteiger partial charge on any atom is 0.156 e. The first kappa shape index (κ1) is 10.9. The Hall–Kier alpha value is -0.560. The molecular formula is C9H12N2O2S2. The molecule has 0 amide bonds. The largest absolute Gasteiger partial charge is 0.374 e. The molecule has 82 valence electrons. The normalized spacial score (nSPS) is 21.2. The van der Waals surface area contributed by atoms with Gasteiger partial charge >= 0.3 is 0 Å². The van der Waals surface area contributed by atoms with Gasteiger partial charge in [0.1, 0.15) is 0 Å². The highest BCUT2D eigenvalue weighted by Crippen LogP contribution is 2.09. The standard InChI is InChI=1S/C9H12N2O2S2/c14-9(15-11-3-1-2-4-11)10-8-7-12-5-6-13-8/h1-4,8H,5-7H2,(H,10,14). The van der Waals surface area contributed by atoms with Gasteiger partial charge in [-0.3, -0.25) is 3.97 Å². The molecule has 15 heavy (non-hydrogen) atoms. The summed E-state index contributed by atoms with van der Waals surface area (Å²) in [5.41, 5.74) is 0. The summed E-state index contributed by atoms with van der Waals surface area (Å²) >= 11 is 6.62. The number of rotatable bonds is 2. The van der Waals surface area contributed by atoms with Crippen LogP contribution in [0.4, 0.5) is 0 Å². The molecule has 0 aliphatic carbocycles. The van der Waals surface area contributed by atoms with Crippen LogP contribution >= 0.6 is 24.2 Å². The number of ether oxygens (including phenoxy) is 2. The number of hydrogen-bond donors (Lipinski definition) is 1. The van der Waals surface area contributed by atoms with Gasteiger partial charge in [0, 0.05) is 24.3 Å². The predicted octanol–water partition coefficient (Wildman–Crippen LogP) is 1.23. The fraction of sp³-hybridized carbons (Fsp3) is 0.444. The van der Waals surface area contributed by atoms with Crippen LogP contribution in [-0.2, 0) is 9.47 Å². The third-order valence-corrected chi connectivity index (χ3v) is 2.94. The minimum absolute atomic E-state index is 0.116. The van der Waals surface area contributed by atoms with Gasteiger partial charge in [-0.1, -0.05) is 12.2 Å². The summed E-state index contributed by atoms with van der Waals surface area (Å²) in [6.07, 6.45) is 3.77. The van der Waals surface area contributed by atoms with E-state index in [0.29, 0.717) is 24.1 Å². The summed E-state index contributed by atoms with van der Waals surface area (Å²) in [6.45, 7) is 1.83. The number of nitrogens with one attached hydrogen (secondary N) is 1. The van der Waals surface area contributed by atoms with Crippen LogP contribution in [0.25, 0.3) is 0 Å². The lowest BCUT2D eigenvalue weighted by Gasteiger charge is -2.24. The molecule has 1 saturated heterocycles. The van der Waals surface area contributed by atoms with Crippen LogP contribution < -0.4 is 5.32 Å². The zero-order valence-electron chi connectivity index (χ0n) is 8.09. The number of aromatic nitrogens is 1. The summed E-state index contributed by atoms with van der Waals surface area (Å²) in [5, 5.41) is 3.08. The first-order chi connectivity index (χ1) is 7.34. The molecule has 4 nitrogen and oxygen atoms in total. The van der Waals surface area contributed by atoms with Crippen molar-refractivity contribution in [1.29, 1.82) is 0 Å². The molecule has 0 spiro atoms. The van der Waals surface area contributed by atoms with Gasteiger partial charge in [0.25, 0.3) is 0 Å². The predicted molar refractivity (Wildman–Crippen MR) is 63.7 cm³/mol. The lowest BCUT2D eigenvalue weighted by Crippen LogP contribution is -2.42. The zero-order valence-corrected chi connectivity index (χ0v) is 9.72. The van der Waals surface area contributed by atoms with Gasteiger partial charge in [-0.2, -0.15) is 0 Å². The second-order valence-corrected chi connectivity index (χ2v) is 4.68. The Morgan fingerprint density at radius 1 is 1.40 bits per heavy atom. The summed E-state index contributed by atoms with van der Waals surface area (Å²) in [7, 11) is 0. The number of nitrogens with zero attached hydrogens (tertiary/aromatic N) is 1. The van der Waals surface area contributed by atoms with Crippen LogP contribution in [0.15, 0.2) is 24.5 Å². The van der Waals surface area contributed by atoms with Gasteiger partial charge in [0.05, 0.1) is 19.8 Å². The van der Waals surface area contributed by atoms with Gasteiger partial charge in [0.15, 0.2) is 10.5 Å². The fourth-order valence-corrected chi connectivity index (χ4v) is 2.23. The Morgan fingerprint density at radius 2 is 2.20 bits per heavy atom. The Balaban J connectivity index is 1.76. The van der Waals surface area contributed by atoms with E-state index in [-0.39, 0.29) is 6.23 Å². The van der Waals surface area contributed by atoms with E-state index in [1.807, 2.05) is 28.5 Å². The fourth-order valence-electron chi connectivity index (χ4n) is 1.20. The third kappa shape index (κ3) is 3.49. The average molecular weight is 244 g/mol. The van der Waals surface area contributed by atoms with Crippen LogP contribution in [0, 0.1) is 0 Å². The van der Waals surface area contributed by atoms with Crippen molar-refractivity contribution in [1.82, 2.24) is 9.29 Å². The van der Waals surface area contributed by atoms with Crippen LogP contribution in [0.1, 0.15) is 0 Å². The van der Waals surface area contributed by atoms with E-state index in [9.17, 15) is 0 Å². The molecule has 1 unspecified atom stereocenters. The molecule has 6 heteroatoms. The van der Waals surface area contributed by atoms with Crippen molar-refractivity contribution in [3.05, 3.63) is 24.5 Å². The topological polar surface area (TPSA) is 35.4 Å². The van der Waals surface area contributed by atoms with E-state index in [1.54, 1.807) is 0 Å². The molecule has 1 aliphatic rings. The van der Waals surface area contributed by atoms with Gasteiger partial charge < -0.3 is 14.8 Å². The molecule has 1 aliphatic heterocycles. The molecule has 1 fully saturated rings. The van der Waals surface area contributed by atoms with Gasteiger partial charge in [0.2, 0.25) is 0 Å². The Kier molecular flexibility index (Phi) is 4.01. The number of thiocarbonyl (C=S) groups is 1. The van der Waals surface area contributed by atoms with E-state index < -0.39 is 0 Å². The van der Waals surface area contributed by atoms with E-state index in [0.717, 1.165) is 0 Å².